The van der Waals surface area contributed by atoms with Gasteiger partial charge in [-0.15, -0.1) is 0 Å². The van der Waals surface area contributed by atoms with Gasteiger partial charge in [0.25, 0.3) is 0 Å². The van der Waals surface area contributed by atoms with E-state index in [-0.39, 0.29) is 32.5 Å². The summed E-state index contributed by atoms with van der Waals surface area (Å²) in [6.07, 6.45) is 0. The summed E-state index contributed by atoms with van der Waals surface area (Å²) in [6.45, 7) is 0. The molecule has 5 nitrogen and oxygen atoms in total. The van der Waals surface area contributed by atoms with Crippen molar-refractivity contribution in [1.82, 2.24) is 0 Å². The minimum atomic E-state index is -1.77. The first-order valence-electron chi connectivity index (χ1n) is 5.91. The third kappa shape index (κ3) is 3.85. The van der Waals surface area contributed by atoms with Crippen molar-refractivity contribution in [3.8, 4) is 5.75 Å². The van der Waals surface area contributed by atoms with E-state index in [1.165, 1.54) is 30.3 Å². The third-order valence-corrected chi connectivity index (χ3v) is 3.45. The summed E-state index contributed by atoms with van der Waals surface area (Å²) in [5.74, 6) is -0.855. The van der Waals surface area contributed by atoms with Gasteiger partial charge in [0.05, 0.1) is 15.6 Å². The van der Waals surface area contributed by atoms with E-state index in [4.69, 9.17) is 55.3 Å². The summed E-state index contributed by atoms with van der Waals surface area (Å²) >= 11 is 17.6. The highest BCUT2D eigenvalue weighted by molar-refractivity contribution is 6.58. The van der Waals surface area contributed by atoms with E-state index in [9.17, 15) is 4.79 Å². The zero-order valence-electron chi connectivity index (χ0n) is 10.9. The molecule has 0 bridgehead atoms. The Morgan fingerprint density at radius 3 is 2.18 bits per heavy atom. The lowest BCUT2D eigenvalue weighted by molar-refractivity contribution is 0.0735. The van der Waals surface area contributed by atoms with E-state index in [2.05, 4.69) is 0 Å². The number of ether oxygens (including phenoxy) is 1. The molecule has 0 aliphatic rings. The highest BCUT2D eigenvalue weighted by Crippen LogP contribution is 2.36. The first-order chi connectivity index (χ1) is 10.3. The van der Waals surface area contributed by atoms with Crippen molar-refractivity contribution in [2.45, 2.75) is 0 Å². The zero-order valence-corrected chi connectivity index (χ0v) is 13.2. The van der Waals surface area contributed by atoms with E-state index in [0.29, 0.717) is 5.02 Å². The lowest BCUT2D eigenvalue weighted by Gasteiger charge is -2.10. The molecule has 0 aliphatic carbocycles. The van der Waals surface area contributed by atoms with E-state index >= 15 is 0 Å². The fraction of sp³-hybridized carbons (Fsp3) is 0. The largest absolute Gasteiger partial charge is 0.488 e. The molecule has 0 aliphatic heterocycles. The molecule has 0 atom stereocenters. The second-order valence-electron chi connectivity index (χ2n) is 4.35. The highest BCUT2D eigenvalue weighted by Gasteiger charge is 2.19. The second kappa shape index (κ2) is 6.77. The lowest BCUT2D eigenvalue weighted by atomic mass is 9.79. The Morgan fingerprint density at radius 1 is 1.05 bits per heavy atom. The van der Waals surface area contributed by atoms with Crippen LogP contribution in [0, 0.1) is 0 Å². The van der Waals surface area contributed by atoms with E-state index in [1.807, 2.05) is 0 Å². The van der Waals surface area contributed by atoms with Crippen molar-refractivity contribution >= 4 is 59.0 Å². The number of rotatable bonds is 3. The number of nitrogens with two attached hydrogens (primary N) is 1. The average molecular weight is 360 g/mol. The predicted molar refractivity (Wildman–Crippen MR) is 87.1 cm³/mol. The maximum absolute atomic E-state index is 12.1. The quantitative estimate of drug-likeness (QED) is 0.337. The summed E-state index contributed by atoms with van der Waals surface area (Å²) in [6, 6.07) is 6.64. The molecule has 0 unspecified atom stereocenters. The number of nitrogen functional groups attached to an aromatic ring is 1. The van der Waals surface area contributed by atoms with Crippen molar-refractivity contribution in [3.63, 3.8) is 0 Å². The van der Waals surface area contributed by atoms with E-state index in [0.717, 1.165) is 0 Å². The first-order valence-corrected chi connectivity index (χ1v) is 7.04. The summed E-state index contributed by atoms with van der Waals surface area (Å²) in [4.78, 5) is 12.1. The van der Waals surface area contributed by atoms with Crippen LogP contribution in [-0.2, 0) is 0 Å². The summed E-state index contributed by atoms with van der Waals surface area (Å²) < 4.78 is 5.13. The van der Waals surface area contributed by atoms with Gasteiger partial charge >= 0.3 is 13.1 Å². The smallest absolute Gasteiger partial charge is 0.423 e. The van der Waals surface area contributed by atoms with Gasteiger partial charge in [0, 0.05) is 10.7 Å². The molecule has 0 spiro atoms. The molecule has 0 radical (unpaired) electrons. The van der Waals surface area contributed by atoms with Crippen LogP contribution >= 0.6 is 34.8 Å². The number of hydrogen-bond donors (Lipinski definition) is 3. The monoisotopic (exact) mass is 359 g/mol. The Bertz CT molecular complexity index is 716. The standard InChI is InChI=1S/C13H9BCl3NO4/c15-8-4-10(16)12(11(17)5-8)22-13(19)6-1-7(14(20)21)3-9(18)2-6/h1-5,20-21H,18H2. The Morgan fingerprint density at radius 2 is 1.64 bits per heavy atom. The fourth-order valence-corrected chi connectivity index (χ4v) is 2.62. The van der Waals surface area contributed by atoms with Gasteiger partial charge in [-0.3, -0.25) is 0 Å². The topological polar surface area (TPSA) is 92.8 Å². The van der Waals surface area contributed by atoms with Crippen molar-refractivity contribution < 1.29 is 19.6 Å². The molecule has 22 heavy (non-hydrogen) atoms. The Kier molecular flexibility index (Phi) is 5.21. The maximum atomic E-state index is 12.1. The highest BCUT2D eigenvalue weighted by atomic mass is 35.5. The van der Waals surface area contributed by atoms with Crippen molar-refractivity contribution in [3.05, 3.63) is 51.0 Å². The van der Waals surface area contributed by atoms with Gasteiger partial charge in [-0.1, -0.05) is 34.8 Å². The molecule has 2 aromatic rings. The number of carbonyl (C=O) groups excluding carboxylic acids is 1. The molecule has 114 valence electrons. The molecular weight excluding hydrogens is 351 g/mol. The SMILES string of the molecule is Nc1cc(B(O)O)cc(C(=O)Oc2c(Cl)cc(Cl)cc2Cl)c1. The van der Waals surface area contributed by atoms with Crippen LogP contribution in [0.4, 0.5) is 5.69 Å². The average Bonchev–Trinajstić information content (AvgIpc) is 2.41. The van der Waals surface area contributed by atoms with Crippen LogP contribution < -0.4 is 15.9 Å². The van der Waals surface area contributed by atoms with Gasteiger partial charge < -0.3 is 20.5 Å². The van der Waals surface area contributed by atoms with Crippen LogP contribution in [0.15, 0.2) is 30.3 Å². The molecule has 0 heterocycles. The van der Waals surface area contributed by atoms with Crippen molar-refractivity contribution in [2.24, 2.45) is 0 Å². The molecule has 0 saturated heterocycles. The number of benzene rings is 2. The van der Waals surface area contributed by atoms with Gasteiger partial charge in [0.15, 0.2) is 5.75 Å². The number of anilines is 1. The van der Waals surface area contributed by atoms with Gasteiger partial charge in [-0.2, -0.15) is 0 Å². The predicted octanol–water partition coefficient (Wildman–Crippen LogP) is 2.13. The Hall–Kier alpha value is -1.44. The molecule has 2 aromatic carbocycles. The Labute approximate surface area is 141 Å². The number of halogens is 3. The molecule has 0 amide bonds. The summed E-state index contributed by atoms with van der Waals surface area (Å²) in [5, 5.41) is 18.7. The molecule has 9 heteroatoms. The van der Waals surface area contributed by atoms with Crippen LogP contribution in [-0.4, -0.2) is 23.1 Å². The summed E-state index contributed by atoms with van der Waals surface area (Å²) in [7, 11) is -1.77. The van der Waals surface area contributed by atoms with Gasteiger partial charge in [-0.05, 0) is 35.8 Å². The van der Waals surface area contributed by atoms with Gasteiger partial charge in [-0.25, -0.2) is 4.79 Å². The fourth-order valence-electron chi connectivity index (χ4n) is 1.72. The minimum Gasteiger partial charge on any atom is -0.423 e. The van der Waals surface area contributed by atoms with Crippen LogP contribution in [0.3, 0.4) is 0 Å². The Balaban J connectivity index is 2.34. The maximum Gasteiger partial charge on any atom is 0.488 e. The van der Waals surface area contributed by atoms with Crippen LogP contribution in [0.25, 0.3) is 0 Å². The molecule has 0 saturated carbocycles. The van der Waals surface area contributed by atoms with E-state index in [1.54, 1.807) is 0 Å². The third-order valence-electron chi connectivity index (χ3n) is 2.67. The molecular formula is C13H9BCl3NO4. The lowest BCUT2D eigenvalue weighted by Crippen LogP contribution is -2.31. The molecule has 2 rings (SSSR count). The number of hydrogen-bond acceptors (Lipinski definition) is 5. The van der Waals surface area contributed by atoms with Crippen LogP contribution in [0.5, 0.6) is 5.75 Å². The van der Waals surface area contributed by atoms with Gasteiger partial charge in [0.1, 0.15) is 0 Å². The van der Waals surface area contributed by atoms with Crippen LogP contribution in [0.1, 0.15) is 10.4 Å². The first kappa shape index (κ1) is 16.9. The molecule has 4 N–H and O–H groups in total. The number of carbonyl (C=O) groups is 1. The van der Waals surface area contributed by atoms with Crippen LogP contribution in [0.2, 0.25) is 15.1 Å². The van der Waals surface area contributed by atoms with E-state index < -0.39 is 13.1 Å². The second-order valence-corrected chi connectivity index (χ2v) is 5.60. The van der Waals surface area contributed by atoms with Gasteiger partial charge in [0.2, 0.25) is 0 Å². The normalized spacial score (nSPS) is 10.4. The minimum absolute atomic E-state index is 0.0187. The molecule has 0 fully saturated rings. The molecule has 0 aromatic heterocycles. The summed E-state index contributed by atoms with van der Waals surface area (Å²) in [5.41, 5.74) is 5.86. The number of esters is 1. The van der Waals surface area contributed by atoms with Crippen molar-refractivity contribution in [1.29, 1.82) is 0 Å². The van der Waals surface area contributed by atoms with Crippen molar-refractivity contribution in [2.75, 3.05) is 5.73 Å². The zero-order chi connectivity index (χ0) is 16.4.